The quantitative estimate of drug-likeness (QED) is 0.711. The molecule has 0 saturated carbocycles. The molecule has 1 aromatic carbocycles. The van der Waals surface area contributed by atoms with Crippen LogP contribution in [0.25, 0.3) is 0 Å². The van der Waals surface area contributed by atoms with Gasteiger partial charge in [-0.15, -0.1) is 0 Å². The van der Waals surface area contributed by atoms with E-state index in [1.54, 1.807) is 14.2 Å². The molecule has 13 heavy (non-hydrogen) atoms. The van der Waals surface area contributed by atoms with Gasteiger partial charge in [-0.1, -0.05) is 0 Å². The minimum Gasteiger partial charge on any atom is -0.496 e. The lowest BCUT2D eigenvalue weighted by Crippen LogP contribution is -1.96. The lowest BCUT2D eigenvalue weighted by molar-refractivity contribution is 0.181. The Balaban J connectivity index is 3.09. The zero-order valence-electron chi connectivity index (χ0n) is 8.68. The topological polar surface area (TPSA) is 18.5 Å². The lowest BCUT2D eigenvalue weighted by atomic mass is 10.1. The summed E-state index contributed by atoms with van der Waals surface area (Å²) >= 11 is 0. The Morgan fingerprint density at radius 3 is 2.23 bits per heavy atom. The van der Waals surface area contributed by atoms with Gasteiger partial charge in [0.2, 0.25) is 0 Å². The Hall–Kier alpha value is -1.02. The van der Waals surface area contributed by atoms with E-state index < -0.39 is 0 Å². The molecule has 0 aliphatic carbocycles. The fourth-order valence-corrected chi connectivity index (χ4v) is 1.31. The molecular weight excluding hydrogens is 164 g/mol. The lowest BCUT2D eigenvalue weighted by Gasteiger charge is -2.10. The fraction of sp³-hybridized carbons (Fsp3) is 0.455. The third kappa shape index (κ3) is 2.22. The summed E-state index contributed by atoms with van der Waals surface area (Å²) in [5, 5.41) is 0. The van der Waals surface area contributed by atoms with Crippen LogP contribution in [-0.4, -0.2) is 14.2 Å². The van der Waals surface area contributed by atoms with Crippen LogP contribution in [0.5, 0.6) is 5.75 Å². The maximum Gasteiger partial charge on any atom is 0.124 e. The van der Waals surface area contributed by atoms with Gasteiger partial charge in [-0.05, 0) is 37.1 Å². The van der Waals surface area contributed by atoms with Gasteiger partial charge in [-0.2, -0.15) is 0 Å². The predicted octanol–water partition coefficient (Wildman–Crippen LogP) is 2.46. The van der Waals surface area contributed by atoms with E-state index in [0.29, 0.717) is 6.61 Å². The third-order valence-corrected chi connectivity index (χ3v) is 2.20. The molecule has 2 nitrogen and oxygen atoms in total. The summed E-state index contributed by atoms with van der Waals surface area (Å²) < 4.78 is 10.3. The SMILES string of the molecule is COCc1cc(C)c(C)cc1OC. The van der Waals surface area contributed by atoms with Gasteiger partial charge in [-0.25, -0.2) is 0 Å². The first-order valence-electron chi connectivity index (χ1n) is 4.32. The van der Waals surface area contributed by atoms with E-state index in [4.69, 9.17) is 9.47 Å². The Morgan fingerprint density at radius 1 is 1.08 bits per heavy atom. The largest absolute Gasteiger partial charge is 0.496 e. The van der Waals surface area contributed by atoms with Crippen LogP contribution in [0.2, 0.25) is 0 Å². The van der Waals surface area contributed by atoms with Crippen molar-refractivity contribution in [3.8, 4) is 5.75 Å². The number of ether oxygens (including phenoxy) is 2. The first-order valence-corrected chi connectivity index (χ1v) is 4.32. The second-order valence-corrected chi connectivity index (χ2v) is 3.18. The van der Waals surface area contributed by atoms with E-state index in [0.717, 1.165) is 11.3 Å². The van der Waals surface area contributed by atoms with Gasteiger partial charge >= 0.3 is 0 Å². The van der Waals surface area contributed by atoms with Crippen molar-refractivity contribution >= 4 is 0 Å². The molecule has 0 aromatic heterocycles. The fourth-order valence-electron chi connectivity index (χ4n) is 1.31. The molecule has 1 aromatic rings. The van der Waals surface area contributed by atoms with Gasteiger partial charge in [0.25, 0.3) is 0 Å². The van der Waals surface area contributed by atoms with Crippen LogP contribution in [0.15, 0.2) is 12.1 Å². The van der Waals surface area contributed by atoms with Crippen molar-refractivity contribution in [2.75, 3.05) is 14.2 Å². The molecule has 0 bridgehead atoms. The van der Waals surface area contributed by atoms with Crippen molar-refractivity contribution in [2.45, 2.75) is 20.5 Å². The van der Waals surface area contributed by atoms with E-state index >= 15 is 0 Å². The molecule has 0 atom stereocenters. The zero-order chi connectivity index (χ0) is 9.84. The van der Waals surface area contributed by atoms with Gasteiger partial charge in [0, 0.05) is 12.7 Å². The summed E-state index contributed by atoms with van der Waals surface area (Å²) in [4.78, 5) is 0. The Kier molecular flexibility index (Phi) is 3.32. The molecule has 1 rings (SSSR count). The minimum absolute atomic E-state index is 0.601. The van der Waals surface area contributed by atoms with Crippen LogP contribution in [0, 0.1) is 13.8 Å². The van der Waals surface area contributed by atoms with Gasteiger partial charge < -0.3 is 9.47 Å². The summed E-state index contributed by atoms with van der Waals surface area (Å²) in [5.41, 5.74) is 3.62. The van der Waals surface area contributed by atoms with E-state index in [-0.39, 0.29) is 0 Å². The number of rotatable bonds is 3. The summed E-state index contributed by atoms with van der Waals surface area (Å²) in [6, 6.07) is 4.15. The molecule has 0 amide bonds. The van der Waals surface area contributed by atoms with Crippen molar-refractivity contribution in [1.29, 1.82) is 0 Å². The highest BCUT2D eigenvalue weighted by Gasteiger charge is 2.04. The number of benzene rings is 1. The molecule has 0 heterocycles. The molecule has 0 saturated heterocycles. The van der Waals surface area contributed by atoms with Crippen LogP contribution >= 0.6 is 0 Å². The normalized spacial score (nSPS) is 10.2. The maximum absolute atomic E-state index is 5.25. The van der Waals surface area contributed by atoms with Crippen molar-refractivity contribution in [2.24, 2.45) is 0 Å². The zero-order valence-corrected chi connectivity index (χ0v) is 8.68. The van der Waals surface area contributed by atoms with Crippen LogP contribution in [0.4, 0.5) is 0 Å². The smallest absolute Gasteiger partial charge is 0.124 e. The molecular formula is C11H16O2. The van der Waals surface area contributed by atoms with Crippen LogP contribution in [-0.2, 0) is 11.3 Å². The molecule has 0 fully saturated rings. The Labute approximate surface area is 79.5 Å². The van der Waals surface area contributed by atoms with Gasteiger partial charge in [0.15, 0.2) is 0 Å². The summed E-state index contributed by atoms with van der Waals surface area (Å²) in [6.07, 6.45) is 0. The average molecular weight is 180 g/mol. The van der Waals surface area contributed by atoms with Crippen molar-refractivity contribution < 1.29 is 9.47 Å². The second-order valence-electron chi connectivity index (χ2n) is 3.18. The summed E-state index contributed by atoms with van der Waals surface area (Å²) in [5.74, 6) is 0.907. The van der Waals surface area contributed by atoms with Crippen molar-refractivity contribution in [3.63, 3.8) is 0 Å². The van der Waals surface area contributed by atoms with E-state index in [1.807, 2.05) is 6.07 Å². The minimum atomic E-state index is 0.601. The highest BCUT2D eigenvalue weighted by atomic mass is 16.5. The first-order chi connectivity index (χ1) is 6.19. The maximum atomic E-state index is 5.25. The van der Waals surface area contributed by atoms with E-state index in [1.165, 1.54) is 11.1 Å². The van der Waals surface area contributed by atoms with Gasteiger partial charge in [0.1, 0.15) is 5.75 Å². The van der Waals surface area contributed by atoms with Gasteiger partial charge in [-0.3, -0.25) is 0 Å². The Morgan fingerprint density at radius 2 is 1.69 bits per heavy atom. The number of methoxy groups -OCH3 is 2. The molecule has 0 spiro atoms. The number of hydrogen-bond donors (Lipinski definition) is 0. The number of aryl methyl sites for hydroxylation is 2. The second kappa shape index (κ2) is 4.28. The van der Waals surface area contributed by atoms with Crippen molar-refractivity contribution in [1.82, 2.24) is 0 Å². The monoisotopic (exact) mass is 180 g/mol. The number of hydrogen-bond acceptors (Lipinski definition) is 2. The molecule has 0 radical (unpaired) electrons. The Bertz CT molecular complexity index is 292. The summed E-state index contributed by atoms with van der Waals surface area (Å²) in [7, 11) is 3.37. The standard InChI is InChI=1S/C11H16O2/c1-8-5-10(7-12-3)11(13-4)6-9(8)2/h5-6H,7H2,1-4H3. The summed E-state index contributed by atoms with van der Waals surface area (Å²) in [6.45, 7) is 4.77. The first kappa shape index (κ1) is 10.1. The predicted molar refractivity (Wildman–Crippen MR) is 53.2 cm³/mol. The van der Waals surface area contributed by atoms with Crippen molar-refractivity contribution in [3.05, 3.63) is 28.8 Å². The molecule has 2 heteroatoms. The van der Waals surface area contributed by atoms with Gasteiger partial charge in [0.05, 0.1) is 13.7 Å². The molecule has 0 aliphatic rings. The molecule has 72 valence electrons. The molecule has 0 unspecified atom stereocenters. The third-order valence-electron chi connectivity index (χ3n) is 2.20. The average Bonchev–Trinajstić information content (AvgIpc) is 2.11. The van der Waals surface area contributed by atoms with E-state index in [9.17, 15) is 0 Å². The van der Waals surface area contributed by atoms with E-state index in [2.05, 4.69) is 19.9 Å². The van der Waals surface area contributed by atoms with Crippen LogP contribution in [0.1, 0.15) is 16.7 Å². The molecule has 0 N–H and O–H groups in total. The van der Waals surface area contributed by atoms with Crippen LogP contribution < -0.4 is 4.74 Å². The molecule has 0 aliphatic heterocycles. The van der Waals surface area contributed by atoms with Crippen LogP contribution in [0.3, 0.4) is 0 Å². The highest BCUT2D eigenvalue weighted by molar-refractivity contribution is 5.41. The highest BCUT2D eigenvalue weighted by Crippen LogP contribution is 2.23.